The number of rotatable bonds is 8. The van der Waals surface area contributed by atoms with Crippen LogP contribution in [0.25, 0.3) is 0 Å². The van der Waals surface area contributed by atoms with Crippen LogP contribution in [0.4, 0.5) is 5.69 Å². The molecule has 5 nitrogen and oxygen atoms in total. The monoisotopic (exact) mass is 328 g/mol. The van der Waals surface area contributed by atoms with Gasteiger partial charge >= 0.3 is 0 Å². The summed E-state index contributed by atoms with van der Waals surface area (Å²) < 4.78 is 5.15. The molecule has 0 aliphatic carbocycles. The molecule has 128 valence electrons. The summed E-state index contributed by atoms with van der Waals surface area (Å²) in [5.74, 6) is 0.386. The summed E-state index contributed by atoms with van der Waals surface area (Å²) in [6.45, 7) is 4.46. The molecule has 1 aromatic heterocycles. The maximum Gasteiger partial charge on any atom is 0.224 e. The van der Waals surface area contributed by atoms with Gasteiger partial charge in [-0.1, -0.05) is 32.0 Å². The van der Waals surface area contributed by atoms with E-state index in [1.54, 1.807) is 18.4 Å². The first-order valence-corrected chi connectivity index (χ1v) is 8.33. The molecule has 1 heterocycles. The molecule has 2 amide bonds. The number of furan rings is 1. The van der Waals surface area contributed by atoms with E-state index in [9.17, 15) is 9.59 Å². The van der Waals surface area contributed by atoms with Crippen molar-refractivity contribution < 1.29 is 14.0 Å². The SMILES string of the molecule is CCc1cccc(CC)c1NC(=O)CCC(=O)NCc1ccco1. The number of para-hydroxylation sites is 1. The second kappa shape index (κ2) is 8.91. The molecule has 0 saturated carbocycles. The lowest BCUT2D eigenvalue weighted by atomic mass is 10.0. The summed E-state index contributed by atoms with van der Waals surface area (Å²) in [7, 11) is 0. The number of carbonyl (C=O) groups is 2. The van der Waals surface area contributed by atoms with Gasteiger partial charge in [0.05, 0.1) is 12.8 Å². The summed E-state index contributed by atoms with van der Waals surface area (Å²) in [6, 6.07) is 9.61. The largest absolute Gasteiger partial charge is 0.467 e. The summed E-state index contributed by atoms with van der Waals surface area (Å²) in [6.07, 6.45) is 3.58. The Bertz CT molecular complexity index is 656. The lowest BCUT2D eigenvalue weighted by molar-refractivity contribution is -0.124. The van der Waals surface area contributed by atoms with E-state index in [2.05, 4.69) is 24.5 Å². The molecule has 0 spiro atoms. The van der Waals surface area contributed by atoms with Crippen LogP contribution in [-0.2, 0) is 29.0 Å². The normalized spacial score (nSPS) is 10.4. The van der Waals surface area contributed by atoms with Crippen LogP contribution in [0, 0.1) is 0 Å². The molecule has 0 aliphatic rings. The number of nitrogens with one attached hydrogen (secondary N) is 2. The standard InChI is InChI=1S/C19H24N2O3/c1-3-14-7-5-8-15(4-2)19(14)21-18(23)11-10-17(22)20-13-16-9-6-12-24-16/h5-9,12H,3-4,10-11,13H2,1-2H3,(H,20,22)(H,21,23). The molecular formula is C19H24N2O3. The van der Waals surface area contributed by atoms with E-state index in [4.69, 9.17) is 4.42 Å². The van der Waals surface area contributed by atoms with E-state index in [1.807, 2.05) is 18.2 Å². The molecule has 0 radical (unpaired) electrons. The Morgan fingerprint density at radius 1 is 0.958 bits per heavy atom. The van der Waals surface area contributed by atoms with Crippen molar-refractivity contribution >= 4 is 17.5 Å². The molecule has 0 unspecified atom stereocenters. The highest BCUT2D eigenvalue weighted by Crippen LogP contribution is 2.22. The fourth-order valence-corrected chi connectivity index (χ4v) is 2.52. The van der Waals surface area contributed by atoms with E-state index < -0.39 is 0 Å². The molecule has 0 atom stereocenters. The number of amides is 2. The van der Waals surface area contributed by atoms with Crippen molar-refractivity contribution in [1.82, 2.24) is 5.32 Å². The first-order valence-electron chi connectivity index (χ1n) is 8.33. The molecule has 5 heteroatoms. The molecule has 0 fully saturated rings. The Balaban J connectivity index is 1.84. The minimum absolute atomic E-state index is 0.140. The van der Waals surface area contributed by atoms with Crippen molar-refractivity contribution in [2.24, 2.45) is 0 Å². The fraction of sp³-hybridized carbons (Fsp3) is 0.368. The Hall–Kier alpha value is -2.56. The van der Waals surface area contributed by atoms with E-state index in [1.165, 1.54) is 0 Å². The van der Waals surface area contributed by atoms with Gasteiger partial charge in [0, 0.05) is 18.5 Å². The molecule has 0 saturated heterocycles. The van der Waals surface area contributed by atoms with E-state index in [-0.39, 0.29) is 24.7 Å². The number of aryl methyl sites for hydroxylation is 2. The highest BCUT2D eigenvalue weighted by Gasteiger charge is 2.12. The van der Waals surface area contributed by atoms with E-state index in [0.717, 1.165) is 29.7 Å². The van der Waals surface area contributed by atoms with E-state index >= 15 is 0 Å². The summed E-state index contributed by atoms with van der Waals surface area (Å²) in [5, 5.41) is 5.71. The van der Waals surface area contributed by atoms with Crippen LogP contribution in [0.15, 0.2) is 41.0 Å². The highest BCUT2D eigenvalue weighted by molar-refractivity contribution is 5.94. The predicted octanol–water partition coefficient (Wildman–Crippen LogP) is 3.44. The number of anilines is 1. The van der Waals surface area contributed by atoms with E-state index in [0.29, 0.717) is 12.3 Å². The first-order chi connectivity index (χ1) is 11.6. The van der Waals surface area contributed by atoms with Gasteiger partial charge < -0.3 is 15.1 Å². The van der Waals surface area contributed by atoms with Crippen LogP contribution >= 0.6 is 0 Å². The van der Waals surface area contributed by atoms with Gasteiger partial charge in [0.15, 0.2) is 0 Å². The van der Waals surface area contributed by atoms with Crippen molar-refractivity contribution in [3.8, 4) is 0 Å². The lowest BCUT2D eigenvalue weighted by Crippen LogP contribution is -2.24. The average Bonchev–Trinajstić information content (AvgIpc) is 3.11. The van der Waals surface area contributed by atoms with Gasteiger partial charge in [0.2, 0.25) is 11.8 Å². The lowest BCUT2D eigenvalue weighted by Gasteiger charge is -2.14. The number of hydrogen-bond donors (Lipinski definition) is 2. The van der Waals surface area contributed by atoms with Gasteiger partial charge in [-0.05, 0) is 36.1 Å². The third-order valence-corrected chi connectivity index (χ3v) is 3.88. The maximum absolute atomic E-state index is 12.2. The molecule has 0 bridgehead atoms. The maximum atomic E-state index is 12.2. The highest BCUT2D eigenvalue weighted by atomic mass is 16.3. The second-order valence-electron chi connectivity index (χ2n) is 5.56. The topological polar surface area (TPSA) is 71.3 Å². The number of hydrogen-bond acceptors (Lipinski definition) is 3. The molecule has 2 rings (SSSR count). The smallest absolute Gasteiger partial charge is 0.224 e. The van der Waals surface area contributed by atoms with Crippen LogP contribution in [0.3, 0.4) is 0 Å². The van der Waals surface area contributed by atoms with Crippen LogP contribution in [0.1, 0.15) is 43.6 Å². The van der Waals surface area contributed by atoms with Crippen LogP contribution < -0.4 is 10.6 Å². The Morgan fingerprint density at radius 3 is 2.21 bits per heavy atom. The van der Waals surface area contributed by atoms with Crippen LogP contribution in [0.2, 0.25) is 0 Å². The molecule has 2 aromatic rings. The van der Waals surface area contributed by atoms with Crippen molar-refractivity contribution in [2.45, 2.75) is 46.1 Å². The zero-order valence-electron chi connectivity index (χ0n) is 14.2. The third-order valence-electron chi connectivity index (χ3n) is 3.88. The van der Waals surface area contributed by atoms with Gasteiger partial charge in [0.1, 0.15) is 5.76 Å². The van der Waals surface area contributed by atoms with Crippen molar-refractivity contribution in [2.75, 3.05) is 5.32 Å². The number of carbonyl (C=O) groups excluding carboxylic acids is 2. The van der Waals surface area contributed by atoms with Gasteiger partial charge in [0.25, 0.3) is 0 Å². The van der Waals surface area contributed by atoms with Crippen LogP contribution in [-0.4, -0.2) is 11.8 Å². The fourth-order valence-electron chi connectivity index (χ4n) is 2.52. The Labute approximate surface area is 142 Å². The second-order valence-corrected chi connectivity index (χ2v) is 5.56. The summed E-state index contributed by atoms with van der Waals surface area (Å²) in [5.41, 5.74) is 3.12. The Kier molecular flexibility index (Phi) is 6.61. The van der Waals surface area contributed by atoms with Crippen molar-refractivity contribution in [1.29, 1.82) is 0 Å². The minimum atomic E-state index is -0.166. The minimum Gasteiger partial charge on any atom is -0.467 e. The summed E-state index contributed by atoms with van der Waals surface area (Å²) in [4.78, 5) is 24.0. The average molecular weight is 328 g/mol. The number of benzene rings is 1. The molecule has 2 N–H and O–H groups in total. The van der Waals surface area contributed by atoms with Gasteiger partial charge in [-0.2, -0.15) is 0 Å². The zero-order valence-corrected chi connectivity index (χ0v) is 14.2. The summed E-state index contributed by atoms with van der Waals surface area (Å²) >= 11 is 0. The molecular weight excluding hydrogens is 304 g/mol. The molecule has 0 aliphatic heterocycles. The predicted molar refractivity (Wildman–Crippen MR) is 93.6 cm³/mol. The molecule has 24 heavy (non-hydrogen) atoms. The van der Waals surface area contributed by atoms with Gasteiger partial charge in [-0.15, -0.1) is 0 Å². The van der Waals surface area contributed by atoms with Crippen molar-refractivity contribution in [3.63, 3.8) is 0 Å². The first kappa shape index (κ1) is 17.8. The van der Waals surface area contributed by atoms with Gasteiger partial charge in [-0.25, -0.2) is 0 Å². The quantitative estimate of drug-likeness (QED) is 0.780. The van der Waals surface area contributed by atoms with Crippen molar-refractivity contribution in [3.05, 3.63) is 53.5 Å². The van der Waals surface area contributed by atoms with Gasteiger partial charge in [-0.3, -0.25) is 9.59 Å². The molecule has 1 aromatic carbocycles. The third kappa shape index (κ3) is 4.98. The van der Waals surface area contributed by atoms with Crippen LogP contribution in [0.5, 0.6) is 0 Å². The Morgan fingerprint density at radius 2 is 1.62 bits per heavy atom. The zero-order chi connectivity index (χ0) is 17.4.